The summed E-state index contributed by atoms with van der Waals surface area (Å²) >= 11 is 3.41. The highest BCUT2D eigenvalue weighted by Crippen LogP contribution is 2.28. The van der Waals surface area contributed by atoms with Crippen LogP contribution in [0.1, 0.15) is 12.0 Å². The predicted molar refractivity (Wildman–Crippen MR) is 83.2 cm³/mol. The fraction of sp³-hybridized carbons (Fsp3) is 0.286. The lowest BCUT2D eigenvalue weighted by Crippen LogP contribution is -2.36. The van der Waals surface area contributed by atoms with Gasteiger partial charge in [-0.25, -0.2) is 4.79 Å². The second-order valence-corrected chi connectivity index (χ2v) is 6.29. The van der Waals surface area contributed by atoms with Gasteiger partial charge in [-0.05, 0) is 34.6 Å². The number of carboxylic acids is 1. The minimum atomic E-state index is -0.987. The summed E-state index contributed by atoms with van der Waals surface area (Å²) in [6.45, 7) is 0. The van der Waals surface area contributed by atoms with Gasteiger partial charge in [0.15, 0.2) is 0 Å². The van der Waals surface area contributed by atoms with Gasteiger partial charge in [-0.2, -0.15) is 11.8 Å². The van der Waals surface area contributed by atoms with Gasteiger partial charge in [0.2, 0.25) is 6.41 Å². The summed E-state index contributed by atoms with van der Waals surface area (Å²) in [6.07, 6.45) is 0.872. The van der Waals surface area contributed by atoms with Crippen molar-refractivity contribution >= 4 is 45.6 Å². The minimum Gasteiger partial charge on any atom is -0.480 e. The molecule has 106 valence electrons. The van der Waals surface area contributed by atoms with E-state index < -0.39 is 12.0 Å². The van der Waals surface area contributed by atoms with Gasteiger partial charge in [0.25, 0.3) is 0 Å². The third kappa shape index (κ3) is 3.74. The number of rotatable bonds is 8. The van der Waals surface area contributed by atoms with E-state index in [0.717, 1.165) is 5.75 Å². The zero-order valence-electron chi connectivity index (χ0n) is 10.7. The van der Waals surface area contributed by atoms with Gasteiger partial charge in [0.1, 0.15) is 6.04 Å². The van der Waals surface area contributed by atoms with Gasteiger partial charge in [-0.1, -0.05) is 18.2 Å². The molecule has 0 radical (unpaired) electrons. The lowest BCUT2D eigenvalue weighted by Gasteiger charge is -2.10. The van der Waals surface area contributed by atoms with Gasteiger partial charge in [-0.15, -0.1) is 11.3 Å². The van der Waals surface area contributed by atoms with Crippen molar-refractivity contribution in [3.05, 3.63) is 35.2 Å². The van der Waals surface area contributed by atoms with Crippen LogP contribution in [0.3, 0.4) is 0 Å². The Kier molecular flexibility index (Phi) is 5.43. The number of carbonyl (C=O) groups excluding carboxylic acids is 1. The first-order valence-electron chi connectivity index (χ1n) is 6.17. The number of carbonyl (C=O) groups is 2. The van der Waals surface area contributed by atoms with Crippen molar-refractivity contribution < 1.29 is 14.7 Å². The molecular formula is C14H15NO3S2. The van der Waals surface area contributed by atoms with Crippen LogP contribution in [-0.2, 0) is 15.3 Å². The lowest BCUT2D eigenvalue weighted by atomic mass is 10.2. The van der Waals surface area contributed by atoms with Crippen molar-refractivity contribution in [3.63, 3.8) is 0 Å². The summed E-state index contributed by atoms with van der Waals surface area (Å²) in [7, 11) is 0. The molecular weight excluding hydrogens is 294 g/mol. The molecule has 1 amide bonds. The maximum Gasteiger partial charge on any atom is 0.326 e. The van der Waals surface area contributed by atoms with Crippen LogP contribution in [-0.4, -0.2) is 29.3 Å². The van der Waals surface area contributed by atoms with E-state index in [4.69, 9.17) is 5.11 Å². The summed E-state index contributed by atoms with van der Waals surface area (Å²) in [6, 6.07) is 7.47. The summed E-state index contributed by atoms with van der Waals surface area (Å²) in [5.74, 6) is 0.568. The molecule has 1 aromatic carbocycles. The fourth-order valence-corrected chi connectivity index (χ4v) is 3.96. The van der Waals surface area contributed by atoms with Crippen molar-refractivity contribution in [2.75, 3.05) is 5.75 Å². The van der Waals surface area contributed by atoms with Crippen molar-refractivity contribution in [3.8, 4) is 0 Å². The van der Waals surface area contributed by atoms with E-state index >= 15 is 0 Å². The minimum absolute atomic E-state index is 0.431. The van der Waals surface area contributed by atoms with Crippen molar-refractivity contribution in [2.24, 2.45) is 0 Å². The molecule has 0 saturated carbocycles. The molecule has 0 aliphatic heterocycles. The lowest BCUT2D eigenvalue weighted by molar-refractivity contribution is -0.140. The Morgan fingerprint density at radius 3 is 3.00 bits per heavy atom. The van der Waals surface area contributed by atoms with Gasteiger partial charge >= 0.3 is 5.97 Å². The SMILES string of the molecule is O=CNC(CCSCc1csc2ccccc12)C(=O)O. The van der Waals surface area contributed by atoms with Gasteiger partial charge < -0.3 is 10.4 Å². The number of hydrogen-bond donors (Lipinski definition) is 2. The Morgan fingerprint density at radius 2 is 2.25 bits per heavy atom. The number of benzene rings is 1. The molecule has 0 aliphatic rings. The van der Waals surface area contributed by atoms with Crippen molar-refractivity contribution in [1.82, 2.24) is 5.32 Å². The van der Waals surface area contributed by atoms with Crippen LogP contribution in [0.4, 0.5) is 0 Å². The fourth-order valence-electron chi connectivity index (χ4n) is 1.89. The second-order valence-electron chi connectivity index (χ2n) is 4.27. The number of aliphatic carboxylic acids is 1. The van der Waals surface area contributed by atoms with Crippen molar-refractivity contribution in [2.45, 2.75) is 18.2 Å². The number of fused-ring (bicyclic) bond motifs is 1. The van der Waals surface area contributed by atoms with Crippen LogP contribution in [0.5, 0.6) is 0 Å². The van der Waals surface area contributed by atoms with Crippen LogP contribution < -0.4 is 5.32 Å². The number of hydrogen-bond acceptors (Lipinski definition) is 4. The quantitative estimate of drug-likeness (QED) is 0.581. The first kappa shape index (κ1) is 14.9. The van der Waals surface area contributed by atoms with E-state index in [2.05, 4.69) is 22.8 Å². The first-order chi connectivity index (χ1) is 9.72. The largest absolute Gasteiger partial charge is 0.480 e. The number of thiophene rings is 1. The highest BCUT2D eigenvalue weighted by Gasteiger charge is 2.15. The maximum absolute atomic E-state index is 10.9. The van der Waals surface area contributed by atoms with Gasteiger partial charge in [0.05, 0.1) is 0 Å². The number of carboxylic acid groups (broad SMARTS) is 1. The van der Waals surface area contributed by atoms with Crippen LogP contribution in [0.25, 0.3) is 10.1 Å². The highest BCUT2D eigenvalue weighted by atomic mass is 32.2. The zero-order valence-corrected chi connectivity index (χ0v) is 12.4. The Balaban J connectivity index is 1.84. The average molecular weight is 309 g/mol. The molecule has 2 N–H and O–H groups in total. The second kappa shape index (κ2) is 7.31. The van der Waals surface area contributed by atoms with E-state index in [9.17, 15) is 9.59 Å². The zero-order chi connectivity index (χ0) is 14.4. The molecule has 1 aromatic heterocycles. The number of thioether (sulfide) groups is 1. The molecule has 0 fully saturated rings. The van der Waals surface area contributed by atoms with Crippen LogP contribution in [0.2, 0.25) is 0 Å². The Morgan fingerprint density at radius 1 is 1.45 bits per heavy atom. The normalized spacial score (nSPS) is 12.2. The van der Waals surface area contributed by atoms with Gasteiger partial charge in [-0.3, -0.25) is 4.79 Å². The number of nitrogens with one attached hydrogen (secondary N) is 1. The first-order valence-corrected chi connectivity index (χ1v) is 8.21. The summed E-state index contributed by atoms with van der Waals surface area (Å²) in [4.78, 5) is 21.2. The highest BCUT2D eigenvalue weighted by molar-refractivity contribution is 7.98. The Bertz CT molecular complexity index is 597. The van der Waals surface area contributed by atoms with Crippen molar-refractivity contribution in [1.29, 1.82) is 0 Å². The monoisotopic (exact) mass is 309 g/mol. The molecule has 2 aromatic rings. The molecule has 4 nitrogen and oxygen atoms in total. The molecule has 0 spiro atoms. The van der Waals surface area contributed by atoms with E-state index in [1.165, 1.54) is 15.6 Å². The summed E-state index contributed by atoms with van der Waals surface area (Å²) in [5.41, 5.74) is 1.28. The summed E-state index contributed by atoms with van der Waals surface area (Å²) in [5, 5.41) is 14.6. The van der Waals surface area contributed by atoms with E-state index in [1.807, 2.05) is 12.1 Å². The molecule has 0 aliphatic carbocycles. The van der Waals surface area contributed by atoms with Gasteiger partial charge in [0, 0.05) is 10.5 Å². The predicted octanol–water partition coefficient (Wildman–Crippen LogP) is 2.72. The molecule has 1 atom stereocenters. The van der Waals surface area contributed by atoms with E-state index in [1.54, 1.807) is 23.1 Å². The number of amides is 1. The van der Waals surface area contributed by atoms with Crippen LogP contribution in [0.15, 0.2) is 29.6 Å². The summed E-state index contributed by atoms with van der Waals surface area (Å²) < 4.78 is 1.27. The smallest absolute Gasteiger partial charge is 0.326 e. The Labute approximate surface area is 125 Å². The molecule has 0 saturated heterocycles. The molecule has 6 heteroatoms. The third-order valence-electron chi connectivity index (χ3n) is 2.94. The molecule has 2 rings (SSSR count). The van der Waals surface area contributed by atoms with E-state index in [0.29, 0.717) is 18.6 Å². The van der Waals surface area contributed by atoms with Crippen LogP contribution in [0, 0.1) is 0 Å². The third-order valence-corrected chi connectivity index (χ3v) is 4.99. The molecule has 20 heavy (non-hydrogen) atoms. The Hall–Kier alpha value is -1.53. The molecule has 1 unspecified atom stereocenters. The molecule has 1 heterocycles. The standard InChI is InChI=1S/C14H15NO3S2/c16-9-15-12(14(17)18)5-6-19-7-10-8-20-13-4-2-1-3-11(10)13/h1-4,8-9,12H,5-7H2,(H,15,16)(H,17,18). The van der Waals surface area contributed by atoms with Crippen LogP contribution >= 0.6 is 23.1 Å². The molecule has 0 bridgehead atoms. The maximum atomic E-state index is 10.9. The topological polar surface area (TPSA) is 66.4 Å². The average Bonchev–Trinajstić information content (AvgIpc) is 2.85. The van der Waals surface area contributed by atoms with E-state index in [-0.39, 0.29) is 0 Å².